The molecule has 2 N–H and O–H groups in total. The lowest BCUT2D eigenvalue weighted by molar-refractivity contribution is 0.351. The Morgan fingerprint density at radius 3 is 2.50 bits per heavy atom. The third-order valence-electron chi connectivity index (χ3n) is 2.69. The Hall–Kier alpha value is -1.10. The molecule has 4 nitrogen and oxygen atoms in total. The molecule has 0 spiro atoms. The number of hydrogen-bond acceptors (Lipinski definition) is 4. The van der Waals surface area contributed by atoms with Crippen molar-refractivity contribution in [1.29, 1.82) is 0 Å². The van der Waals surface area contributed by atoms with E-state index in [4.69, 9.17) is 33.5 Å². The molecule has 0 saturated heterocycles. The van der Waals surface area contributed by atoms with Crippen molar-refractivity contribution in [3.63, 3.8) is 0 Å². The third kappa shape index (κ3) is 2.83. The number of hydrogen-bond donors (Lipinski definition) is 1. The molecular weight excluding hydrogens is 273 g/mol. The van der Waals surface area contributed by atoms with Crippen molar-refractivity contribution in [2.75, 3.05) is 6.54 Å². The Morgan fingerprint density at radius 2 is 1.94 bits per heavy atom. The van der Waals surface area contributed by atoms with Gasteiger partial charge in [-0.3, -0.25) is 0 Å². The molecular formula is C12H13Cl2N3O. The summed E-state index contributed by atoms with van der Waals surface area (Å²) in [5.74, 6) is 1.10. The molecule has 2 aromatic rings. The average molecular weight is 286 g/mol. The highest BCUT2D eigenvalue weighted by molar-refractivity contribution is 6.35. The van der Waals surface area contributed by atoms with E-state index in [-0.39, 0.29) is 5.92 Å². The molecule has 2 rings (SSSR count). The van der Waals surface area contributed by atoms with Gasteiger partial charge in [0.2, 0.25) is 11.7 Å². The number of nitrogens with two attached hydrogens (primary N) is 1. The highest BCUT2D eigenvalue weighted by Gasteiger charge is 2.16. The summed E-state index contributed by atoms with van der Waals surface area (Å²) in [6.07, 6.45) is 0.856. The number of rotatable bonds is 4. The van der Waals surface area contributed by atoms with E-state index in [0.717, 1.165) is 12.0 Å². The van der Waals surface area contributed by atoms with Gasteiger partial charge in [-0.1, -0.05) is 35.3 Å². The molecule has 0 saturated carbocycles. The minimum absolute atomic E-state index is 0.0842. The third-order valence-corrected chi connectivity index (χ3v) is 3.13. The molecule has 6 heteroatoms. The van der Waals surface area contributed by atoms with Crippen molar-refractivity contribution >= 4 is 23.2 Å². The van der Waals surface area contributed by atoms with Crippen LogP contribution in [0.2, 0.25) is 10.0 Å². The number of benzene rings is 1. The van der Waals surface area contributed by atoms with Crippen LogP contribution in [0, 0.1) is 0 Å². The van der Waals surface area contributed by atoms with Crippen molar-refractivity contribution in [1.82, 2.24) is 10.1 Å². The van der Waals surface area contributed by atoms with Gasteiger partial charge < -0.3 is 10.3 Å². The summed E-state index contributed by atoms with van der Waals surface area (Å²) in [4.78, 5) is 4.33. The fourth-order valence-electron chi connectivity index (χ4n) is 1.64. The van der Waals surface area contributed by atoms with Crippen LogP contribution in [0.25, 0.3) is 11.4 Å². The summed E-state index contributed by atoms with van der Waals surface area (Å²) in [5.41, 5.74) is 6.37. The van der Waals surface area contributed by atoms with Crippen LogP contribution in [0.1, 0.15) is 25.2 Å². The molecule has 1 heterocycles. The van der Waals surface area contributed by atoms with Crippen molar-refractivity contribution in [2.45, 2.75) is 19.3 Å². The lowest BCUT2D eigenvalue weighted by atomic mass is 10.1. The Balaban J connectivity index is 2.34. The van der Waals surface area contributed by atoms with Crippen molar-refractivity contribution in [2.24, 2.45) is 5.73 Å². The van der Waals surface area contributed by atoms with Gasteiger partial charge in [-0.25, -0.2) is 0 Å². The quantitative estimate of drug-likeness (QED) is 0.934. The normalized spacial score (nSPS) is 12.7. The van der Waals surface area contributed by atoms with Gasteiger partial charge in [-0.05, 0) is 24.6 Å². The summed E-state index contributed by atoms with van der Waals surface area (Å²) >= 11 is 11.9. The van der Waals surface area contributed by atoms with Crippen LogP contribution in [0.15, 0.2) is 22.7 Å². The summed E-state index contributed by atoms with van der Waals surface area (Å²) in [5, 5.41) is 5.00. The van der Waals surface area contributed by atoms with Crippen LogP contribution in [-0.4, -0.2) is 16.7 Å². The zero-order chi connectivity index (χ0) is 13.1. The van der Waals surface area contributed by atoms with Crippen LogP contribution in [0.3, 0.4) is 0 Å². The standard InChI is InChI=1S/C12H13Cl2N3O/c1-2-7(6-15)12-16-11(17-18-12)8-3-9(13)5-10(14)4-8/h3-5,7H,2,6,15H2,1H3. The second-order valence-electron chi connectivity index (χ2n) is 3.96. The molecule has 1 aromatic carbocycles. The van der Waals surface area contributed by atoms with E-state index < -0.39 is 0 Å². The second-order valence-corrected chi connectivity index (χ2v) is 4.83. The average Bonchev–Trinajstić information content (AvgIpc) is 2.79. The SMILES string of the molecule is CCC(CN)c1nc(-c2cc(Cl)cc(Cl)c2)no1. The van der Waals surface area contributed by atoms with Gasteiger partial charge >= 0.3 is 0 Å². The lowest BCUT2D eigenvalue weighted by Gasteiger charge is -2.04. The van der Waals surface area contributed by atoms with E-state index >= 15 is 0 Å². The molecule has 18 heavy (non-hydrogen) atoms. The maximum absolute atomic E-state index is 5.93. The molecule has 0 aliphatic heterocycles. The van der Waals surface area contributed by atoms with Crippen LogP contribution < -0.4 is 5.73 Å². The molecule has 96 valence electrons. The fraction of sp³-hybridized carbons (Fsp3) is 0.333. The maximum atomic E-state index is 5.93. The molecule has 0 bridgehead atoms. The van der Waals surface area contributed by atoms with E-state index in [0.29, 0.717) is 28.3 Å². The predicted molar refractivity (Wildman–Crippen MR) is 71.8 cm³/mol. The molecule has 0 aliphatic carbocycles. The van der Waals surface area contributed by atoms with E-state index in [1.807, 2.05) is 6.92 Å². The number of halogens is 2. The van der Waals surface area contributed by atoms with Crippen LogP contribution in [0.5, 0.6) is 0 Å². The Morgan fingerprint density at radius 1 is 1.28 bits per heavy atom. The minimum Gasteiger partial charge on any atom is -0.339 e. The maximum Gasteiger partial charge on any atom is 0.231 e. The molecule has 0 radical (unpaired) electrons. The smallest absolute Gasteiger partial charge is 0.231 e. The highest BCUT2D eigenvalue weighted by atomic mass is 35.5. The molecule has 0 fully saturated rings. The van der Waals surface area contributed by atoms with Gasteiger partial charge in [0.25, 0.3) is 0 Å². The lowest BCUT2D eigenvalue weighted by Crippen LogP contribution is -2.11. The fourth-order valence-corrected chi connectivity index (χ4v) is 2.17. The summed E-state index contributed by atoms with van der Waals surface area (Å²) in [6, 6.07) is 5.14. The van der Waals surface area contributed by atoms with Crippen molar-refractivity contribution < 1.29 is 4.52 Å². The molecule has 1 atom stereocenters. The summed E-state index contributed by atoms with van der Waals surface area (Å²) in [7, 11) is 0. The van der Waals surface area contributed by atoms with Crippen molar-refractivity contribution in [3.05, 3.63) is 34.1 Å². The first-order chi connectivity index (χ1) is 8.63. The number of nitrogens with zero attached hydrogens (tertiary/aromatic N) is 2. The monoisotopic (exact) mass is 285 g/mol. The summed E-state index contributed by atoms with van der Waals surface area (Å²) < 4.78 is 5.22. The zero-order valence-electron chi connectivity index (χ0n) is 9.86. The molecule has 0 amide bonds. The van der Waals surface area contributed by atoms with E-state index in [1.54, 1.807) is 18.2 Å². The van der Waals surface area contributed by atoms with Gasteiger partial charge in [0.15, 0.2) is 0 Å². The van der Waals surface area contributed by atoms with Gasteiger partial charge in [-0.2, -0.15) is 4.98 Å². The van der Waals surface area contributed by atoms with E-state index in [9.17, 15) is 0 Å². The van der Waals surface area contributed by atoms with E-state index in [1.165, 1.54) is 0 Å². The van der Waals surface area contributed by atoms with Crippen LogP contribution in [-0.2, 0) is 0 Å². The largest absolute Gasteiger partial charge is 0.339 e. The van der Waals surface area contributed by atoms with Crippen LogP contribution in [0.4, 0.5) is 0 Å². The Bertz CT molecular complexity index is 518. The van der Waals surface area contributed by atoms with Gasteiger partial charge in [0, 0.05) is 22.2 Å². The summed E-state index contributed by atoms with van der Waals surface area (Å²) in [6.45, 7) is 2.51. The van der Waals surface area contributed by atoms with Crippen LogP contribution >= 0.6 is 23.2 Å². The topological polar surface area (TPSA) is 64.9 Å². The second kappa shape index (κ2) is 5.69. The van der Waals surface area contributed by atoms with Gasteiger partial charge in [-0.15, -0.1) is 0 Å². The first-order valence-corrected chi connectivity index (χ1v) is 6.39. The Kier molecular flexibility index (Phi) is 4.22. The first kappa shape index (κ1) is 13.3. The van der Waals surface area contributed by atoms with Gasteiger partial charge in [0.1, 0.15) is 0 Å². The van der Waals surface area contributed by atoms with Crippen molar-refractivity contribution in [3.8, 4) is 11.4 Å². The highest BCUT2D eigenvalue weighted by Crippen LogP contribution is 2.26. The predicted octanol–water partition coefficient (Wildman–Crippen LogP) is 3.50. The van der Waals surface area contributed by atoms with Gasteiger partial charge in [0.05, 0.1) is 5.92 Å². The van der Waals surface area contributed by atoms with E-state index in [2.05, 4.69) is 10.1 Å². The zero-order valence-corrected chi connectivity index (χ0v) is 11.4. The minimum atomic E-state index is 0.0842. The first-order valence-electron chi connectivity index (χ1n) is 5.64. The Labute approximate surface area is 115 Å². The number of aromatic nitrogens is 2. The molecule has 0 aliphatic rings. The molecule has 1 aromatic heterocycles. The molecule has 1 unspecified atom stereocenters.